The van der Waals surface area contributed by atoms with Crippen LogP contribution in [0.1, 0.15) is 286 Å². The lowest BCUT2D eigenvalue weighted by molar-refractivity contribution is -0.160. The number of amides is 4. The van der Waals surface area contributed by atoms with E-state index in [2.05, 4.69) is 52.0 Å². The number of carboxylic acids is 4. The number of carboxylic acid groups (broad SMARTS) is 4. The van der Waals surface area contributed by atoms with Gasteiger partial charge in [0.1, 0.15) is 0 Å². The number of carbonyl (C=O) groups is 8. The molecule has 76 heavy (non-hydrogen) atoms. The molecular weight excluding hydrogens is 969 g/mol. The van der Waals surface area contributed by atoms with Crippen LogP contribution in [-0.2, 0) is 38.4 Å². The van der Waals surface area contributed by atoms with Crippen molar-refractivity contribution >= 4 is 47.5 Å². The second kappa shape index (κ2) is 62.8. The van der Waals surface area contributed by atoms with E-state index in [1.54, 1.807) is 0 Å². The van der Waals surface area contributed by atoms with E-state index in [0.717, 1.165) is 77.0 Å². The molecule has 4 amide bonds. The summed E-state index contributed by atoms with van der Waals surface area (Å²) in [6.45, 7) is 12.8. The van der Waals surface area contributed by atoms with Crippen LogP contribution in [0.15, 0.2) is 24.3 Å². The van der Waals surface area contributed by atoms with E-state index >= 15 is 0 Å². The Morgan fingerprint density at radius 2 is 0.579 bits per heavy atom. The molecule has 0 aromatic carbocycles. The van der Waals surface area contributed by atoms with Crippen molar-refractivity contribution in [3.63, 3.8) is 0 Å². The number of nitrogens with two attached hydrogens (primary N) is 4. The predicted octanol–water partition coefficient (Wildman–Crippen LogP) is 13.7. The van der Waals surface area contributed by atoms with E-state index in [9.17, 15) is 38.4 Å². The van der Waals surface area contributed by atoms with Gasteiger partial charge in [0.25, 0.3) is 0 Å². The summed E-state index contributed by atoms with van der Waals surface area (Å²) >= 11 is 0. The zero-order valence-corrected chi connectivity index (χ0v) is 48.9. The van der Waals surface area contributed by atoms with Gasteiger partial charge < -0.3 is 43.4 Å². The normalized spacial score (nSPS) is 12.2. The van der Waals surface area contributed by atoms with Gasteiger partial charge in [-0.3, -0.25) is 38.4 Å². The number of rotatable bonds is 47. The van der Waals surface area contributed by atoms with E-state index in [1.165, 1.54) is 141 Å². The molecule has 16 nitrogen and oxygen atoms in total. The topological polar surface area (TPSA) is 322 Å². The molecule has 0 aromatic heterocycles. The van der Waals surface area contributed by atoms with Crippen LogP contribution in [0.5, 0.6) is 0 Å². The summed E-state index contributed by atoms with van der Waals surface area (Å²) in [6, 6.07) is 0. The molecule has 446 valence electrons. The first kappa shape index (κ1) is 80.1. The molecule has 0 aromatic rings. The van der Waals surface area contributed by atoms with Crippen molar-refractivity contribution in [3.8, 4) is 0 Å². The molecule has 16 heteroatoms. The molecule has 0 spiro atoms. The highest BCUT2D eigenvalue weighted by Crippen LogP contribution is 2.21. The largest absolute Gasteiger partial charge is 0.481 e. The monoisotopic (exact) mass is 1080 g/mol. The zero-order valence-electron chi connectivity index (χ0n) is 48.9. The van der Waals surface area contributed by atoms with Crippen molar-refractivity contribution < 1.29 is 58.8 Å². The van der Waals surface area contributed by atoms with Crippen LogP contribution >= 0.6 is 0 Å². The fourth-order valence-corrected chi connectivity index (χ4v) is 7.92. The molecule has 0 saturated carbocycles. The van der Waals surface area contributed by atoms with Crippen LogP contribution in [-0.4, -0.2) is 67.9 Å². The number of hydrogen-bond donors (Lipinski definition) is 8. The Kier molecular flexibility index (Phi) is 66.2. The van der Waals surface area contributed by atoms with Crippen molar-refractivity contribution in [3.05, 3.63) is 24.3 Å². The summed E-state index contributed by atoms with van der Waals surface area (Å²) in [5.74, 6) is -10.2. The summed E-state index contributed by atoms with van der Waals surface area (Å²) in [5.41, 5.74) is 20.5. The number of unbranched alkanes of at least 4 members (excludes halogenated alkanes) is 24. The van der Waals surface area contributed by atoms with Crippen LogP contribution in [0.2, 0.25) is 0 Å². The van der Waals surface area contributed by atoms with Crippen LogP contribution in [0, 0.1) is 23.7 Å². The highest BCUT2D eigenvalue weighted by Gasteiger charge is 2.37. The van der Waals surface area contributed by atoms with E-state index in [-0.39, 0.29) is 35.5 Å². The number of carbonyl (C=O) groups excluding carboxylic acids is 4. The molecule has 0 radical (unpaired) electrons. The molecule has 4 atom stereocenters. The van der Waals surface area contributed by atoms with Crippen LogP contribution < -0.4 is 22.9 Å². The Labute approximate surface area is 461 Å². The third-order valence-corrected chi connectivity index (χ3v) is 12.9. The van der Waals surface area contributed by atoms with E-state index in [1.807, 2.05) is 13.8 Å². The standard InChI is InChI=1S/2C18H35NO.2C8H17NO.C8H10O8/c2*1-2-3-4-5-6-7-8-9-10-11-12-13-14-15-16-17-18(19)20;2*1-3-5-6-7(4-2)8(9)10;9-5(10)1-3(7(13)14)4(8(15)16)2-6(11)12/h2*9-10H,2-8,11-17H2,1H3,(H2,19,20);2*7H,3-6H2,1-2H3,(H2,9,10);3-4H,1-2H2,(H,9,10)(H,11,12)(H,13,14)(H,15,16)/b2*10-9-;;;. The smallest absolute Gasteiger partial charge is 0.307 e. The molecule has 0 aliphatic carbocycles. The Balaban J connectivity index is -0.000000284. The third-order valence-electron chi connectivity index (χ3n) is 12.9. The van der Waals surface area contributed by atoms with Crippen molar-refractivity contribution in [1.82, 2.24) is 0 Å². The molecule has 0 heterocycles. The maximum absolute atomic E-state index is 10.7. The maximum atomic E-state index is 10.7. The van der Waals surface area contributed by atoms with Crippen LogP contribution in [0.4, 0.5) is 0 Å². The van der Waals surface area contributed by atoms with E-state index in [4.69, 9.17) is 43.4 Å². The number of primary amides is 4. The maximum Gasteiger partial charge on any atom is 0.307 e. The van der Waals surface area contributed by atoms with Gasteiger partial charge in [-0.15, -0.1) is 0 Å². The highest BCUT2D eigenvalue weighted by atomic mass is 16.4. The van der Waals surface area contributed by atoms with Crippen molar-refractivity contribution in [2.75, 3.05) is 0 Å². The zero-order chi connectivity index (χ0) is 58.6. The minimum absolute atomic E-state index is 0.111. The van der Waals surface area contributed by atoms with Gasteiger partial charge in [-0.2, -0.15) is 0 Å². The van der Waals surface area contributed by atoms with Gasteiger partial charge in [-0.1, -0.05) is 194 Å². The van der Waals surface area contributed by atoms with Gasteiger partial charge in [-0.25, -0.2) is 0 Å². The molecule has 0 saturated heterocycles. The SMILES string of the molecule is CCCCC(CC)C(N)=O.CCCCC(CC)C(N)=O.CCCCCCCC/C=C\CCCCCCCC(N)=O.CCCCCCCC/C=C\CCCCCCCC(N)=O.O=C(O)CC(C(=O)O)C(CC(=O)O)C(=O)O. The molecule has 0 aliphatic heterocycles. The minimum Gasteiger partial charge on any atom is -0.481 e. The lowest BCUT2D eigenvalue weighted by Gasteiger charge is -2.16. The van der Waals surface area contributed by atoms with Gasteiger partial charge in [0.05, 0.1) is 24.7 Å². The summed E-state index contributed by atoms with van der Waals surface area (Å²) in [4.78, 5) is 84.3. The van der Waals surface area contributed by atoms with Gasteiger partial charge in [0.2, 0.25) is 23.6 Å². The summed E-state index contributed by atoms with van der Waals surface area (Å²) in [6.07, 6.45) is 50.2. The first-order valence-corrected chi connectivity index (χ1v) is 29.6. The lowest BCUT2D eigenvalue weighted by Crippen LogP contribution is -2.33. The number of hydrogen-bond acceptors (Lipinski definition) is 8. The fraction of sp³-hybridized carbons (Fsp3) is 0.800. The second-order valence-electron chi connectivity index (χ2n) is 20.0. The molecule has 0 rings (SSSR count). The first-order chi connectivity index (χ1) is 36.2. The minimum atomic E-state index is -1.76. The Hall–Kier alpha value is -4.76. The van der Waals surface area contributed by atoms with Gasteiger partial charge in [0.15, 0.2) is 0 Å². The van der Waals surface area contributed by atoms with E-state index < -0.39 is 48.6 Å². The van der Waals surface area contributed by atoms with Crippen molar-refractivity contribution in [2.24, 2.45) is 46.6 Å². The number of allylic oxidation sites excluding steroid dienone is 4. The Morgan fingerprint density at radius 1 is 0.342 bits per heavy atom. The summed E-state index contributed by atoms with van der Waals surface area (Å²) in [7, 11) is 0. The van der Waals surface area contributed by atoms with Crippen LogP contribution in [0.3, 0.4) is 0 Å². The Bertz CT molecular complexity index is 1380. The molecule has 4 unspecified atom stereocenters. The average molecular weight is 1080 g/mol. The number of aliphatic carboxylic acids is 4. The quantitative estimate of drug-likeness (QED) is 0.0208. The summed E-state index contributed by atoms with van der Waals surface area (Å²) in [5, 5.41) is 34.1. The average Bonchev–Trinajstić information content (AvgIpc) is 3.35. The molecular formula is C60H114N4O12. The Morgan fingerprint density at radius 3 is 0.776 bits per heavy atom. The molecule has 12 N–H and O–H groups in total. The van der Waals surface area contributed by atoms with Crippen LogP contribution in [0.25, 0.3) is 0 Å². The highest BCUT2D eigenvalue weighted by molar-refractivity contribution is 5.86. The first-order valence-electron chi connectivity index (χ1n) is 29.6. The van der Waals surface area contributed by atoms with Gasteiger partial charge >= 0.3 is 23.9 Å². The third kappa shape index (κ3) is 67.3. The molecule has 0 aliphatic rings. The van der Waals surface area contributed by atoms with E-state index in [0.29, 0.717) is 12.8 Å². The van der Waals surface area contributed by atoms with Gasteiger partial charge in [-0.05, 0) is 89.9 Å². The summed E-state index contributed by atoms with van der Waals surface area (Å²) < 4.78 is 0. The fourth-order valence-electron chi connectivity index (χ4n) is 7.92. The van der Waals surface area contributed by atoms with Gasteiger partial charge in [0, 0.05) is 24.7 Å². The predicted molar refractivity (Wildman–Crippen MR) is 309 cm³/mol. The van der Waals surface area contributed by atoms with Crippen molar-refractivity contribution in [1.29, 1.82) is 0 Å². The second-order valence-corrected chi connectivity index (χ2v) is 20.0. The molecule has 0 bridgehead atoms. The lowest BCUT2D eigenvalue weighted by atomic mass is 9.87. The molecule has 0 fully saturated rings. The van der Waals surface area contributed by atoms with Crippen molar-refractivity contribution in [2.45, 2.75) is 286 Å².